The lowest BCUT2D eigenvalue weighted by atomic mass is 10.1. The molecule has 0 bridgehead atoms. The highest BCUT2D eigenvalue weighted by Crippen LogP contribution is 2.35. The van der Waals surface area contributed by atoms with Crippen LogP contribution >= 0.6 is 0 Å². The van der Waals surface area contributed by atoms with E-state index in [-0.39, 0.29) is 4.90 Å². The summed E-state index contributed by atoms with van der Waals surface area (Å²) in [4.78, 5) is 6.45. The Hall–Kier alpha value is -3.89. The van der Waals surface area contributed by atoms with Crippen molar-refractivity contribution in [1.29, 1.82) is 5.26 Å². The predicted octanol–water partition coefficient (Wildman–Crippen LogP) is 4.80. The van der Waals surface area contributed by atoms with Gasteiger partial charge in [0, 0.05) is 18.8 Å². The Morgan fingerprint density at radius 3 is 2.21 bits per heavy atom. The fraction of sp³-hybridized carbons (Fsp3) is 0.154. The summed E-state index contributed by atoms with van der Waals surface area (Å²) in [5.41, 5.74) is 2.92. The van der Waals surface area contributed by atoms with Gasteiger partial charge in [0.1, 0.15) is 0 Å². The molecule has 0 amide bonds. The van der Waals surface area contributed by atoms with Gasteiger partial charge in [-0.2, -0.15) is 5.26 Å². The molecule has 1 aromatic heterocycles. The molecule has 6 nitrogen and oxygen atoms in total. The van der Waals surface area contributed by atoms with E-state index in [4.69, 9.17) is 5.26 Å². The summed E-state index contributed by atoms with van der Waals surface area (Å²) in [7, 11) is -3.79. The zero-order valence-corrected chi connectivity index (χ0v) is 19.1. The third-order valence-electron chi connectivity index (χ3n) is 5.51. The standard InChI is InChI=1S/C26H24N4O2S/c1-2-30(23-9-5-3-6-10-23)26(33(31,32)24-11-7-4-8-12-24)25-18-28-20-29(25)19-22-15-13-21(17-27)14-16-22/h3-16,18,20,26H,2,19H2,1H3. The molecule has 0 fully saturated rings. The molecule has 4 aromatic rings. The molecule has 0 spiro atoms. The average molecular weight is 457 g/mol. The number of benzene rings is 3. The lowest BCUT2D eigenvalue weighted by Gasteiger charge is -2.33. The highest BCUT2D eigenvalue weighted by Gasteiger charge is 2.36. The Kier molecular flexibility index (Phi) is 6.57. The van der Waals surface area contributed by atoms with Crippen molar-refractivity contribution in [3.05, 3.63) is 114 Å². The number of hydrogen-bond donors (Lipinski definition) is 0. The van der Waals surface area contributed by atoms with Crippen molar-refractivity contribution in [2.45, 2.75) is 23.7 Å². The molecule has 0 N–H and O–H groups in total. The van der Waals surface area contributed by atoms with Gasteiger partial charge in [0.15, 0.2) is 5.37 Å². The molecule has 3 aromatic carbocycles. The smallest absolute Gasteiger partial charge is 0.205 e. The zero-order valence-electron chi connectivity index (χ0n) is 18.2. The second kappa shape index (κ2) is 9.72. The molecule has 4 rings (SSSR count). The molecule has 0 aliphatic heterocycles. The largest absolute Gasteiger partial charge is 0.350 e. The fourth-order valence-corrected chi connectivity index (χ4v) is 5.79. The van der Waals surface area contributed by atoms with Crippen LogP contribution in [0.15, 0.2) is 102 Å². The Bertz CT molecular complexity index is 1340. The SMILES string of the molecule is CCN(c1ccccc1)C(c1cncn1Cc1ccc(C#N)cc1)S(=O)(=O)c1ccccc1. The lowest BCUT2D eigenvalue weighted by Crippen LogP contribution is -2.35. The van der Waals surface area contributed by atoms with Crippen LogP contribution in [0.4, 0.5) is 5.69 Å². The molecule has 0 saturated carbocycles. The molecule has 1 unspecified atom stereocenters. The quantitative estimate of drug-likeness (QED) is 0.380. The number of rotatable bonds is 8. The van der Waals surface area contributed by atoms with Gasteiger partial charge >= 0.3 is 0 Å². The maximum atomic E-state index is 14.0. The van der Waals surface area contributed by atoms with Crippen molar-refractivity contribution in [3.8, 4) is 6.07 Å². The van der Waals surface area contributed by atoms with E-state index in [2.05, 4.69) is 11.1 Å². The van der Waals surface area contributed by atoms with Crippen molar-refractivity contribution in [2.75, 3.05) is 11.4 Å². The van der Waals surface area contributed by atoms with Gasteiger partial charge in [-0.05, 0) is 48.9 Å². The van der Waals surface area contributed by atoms with E-state index in [0.29, 0.717) is 24.3 Å². The van der Waals surface area contributed by atoms with Gasteiger partial charge in [0.05, 0.1) is 34.7 Å². The van der Waals surface area contributed by atoms with Crippen LogP contribution in [-0.4, -0.2) is 24.5 Å². The van der Waals surface area contributed by atoms with E-state index in [1.165, 1.54) is 0 Å². The Morgan fingerprint density at radius 2 is 1.61 bits per heavy atom. The first-order chi connectivity index (χ1) is 16.0. The first kappa shape index (κ1) is 22.3. The zero-order chi connectivity index (χ0) is 23.3. The van der Waals surface area contributed by atoms with E-state index >= 15 is 0 Å². The van der Waals surface area contributed by atoms with E-state index in [0.717, 1.165) is 11.3 Å². The van der Waals surface area contributed by atoms with E-state index in [9.17, 15) is 8.42 Å². The minimum Gasteiger partial charge on any atom is -0.350 e. The normalized spacial score (nSPS) is 12.1. The van der Waals surface area contributed by atoms with Gasteiger partial charge < -0.3 is 9.47 Å². The third kappa shape index (κ3) is 4.66. The van der Waals surface area contributed by atoms with Gasteiger partial charge in [-0.3, -0.25) is 0 Å². The van der Waals surface area contributed by atoms with Crippen LogP contribution < -0.4 is 4.90 Å². The van der Waals surface area contributed by atoms with Crippen molar-refractivity contribution in [2.24, 2.45) is 0 Å². The third-order valence-corrected chi connectivity index (χ3v) is 7.52. The molecule has 33 heavy (non-hydrogen) atoms. The summed E-state index contributed by atoms with van der Waals surface area (Å²) in [6.45, 7) is 2.87. The summed E-state index contributed by atoms with van der Waals surface area (Å²) in [6, 6.07) is 27.4. The number of nitrogens with zero attached hydrogens (tertiary/aromatic N) is 4. The number of anilines is 1. The van der Waals surface area contributed by atoms with Crippen LogP contribution in [0.2, 0.25) is 0 Å². The van der Waals surface area contributed by atoms with Crippen LogP contribution in [-0.2, 0) is 16.4 Å². The molecule has 0 radical (unpaired) electrons. The first-order valence-corrected chi connectivity index (χ1v) is 12.2. The fourth-order valence-electron chi connectivity index (χ4n) is 3.88. The molecule has 7 heteroatoms. The summed E-state index contributed by atoms with van der Waals surface area (Å²) in [5.74, 6) is 0. The van der Waals surface area contributed by atoms with E-state index < -0.39 is 15.2 Å². The number of hydrogen-bond acceptors (Lipinski definition) is 5. The maximum absolute atomic E-state index is 14.0. The maximum Gasteiger partial charge on any atom is 0.205 e. The second-order valence-corrected chi connectivity index (χ2v) is 9.60. The molecule has 1 heterocycles. The second-order valence-electron chi connectivity index (χ2n) is 7.59. The van der Waals surface area contributed by atoms with Crippen LogP contribution in [0.25, 0.3) is 0 Å². The van der Waals surface area contributed by atoms with Gasteiger partial charge in [-0.1, -0.05) is 48.5 Å². The number of sulfone groups is 1. The average Bonchev–Trinajstić information content (AvgIpc) is 3.31. The van der Waals surface area contributed by atoms with Crippen molar-refractivity contribution in [3.63, 3.8) is 0 Å². The Morgan fingerprint density at radius 1 is 0.970 bits per heavy atom. The summed E-state index contributed by atoms with van der Waals surface area (Å²) < 4.78 is 29.8. The Balaban J connectivity index is 1.82. The molecule has 0 aliphatic rings. The highest BCUT2D eigenvalue weighted by molar-refractivity contribution is 7.91. The Labute approximate surface area is 194 Å². The van der Waals surface area contributed by atoms with Crippen molar-refractivity contribution in [1.82, 2.24) is 9.55 Å². The van der Waals surface area contributed by atoms with Crippen molar-refractivity contribution >= 4 is 15.5 Å². The van der Waals surface area contributed by atoms with Gasteiger partial charge in [0.25, 0.3) is 0 Å². The van der Waals surface area contributed by atoms with Crippen LogP contribution in [0.3, 0.4) is 0 Å². The number of nitriles is 1. The van der Waals surface area contributed by atoms with Crippen LogP contribution in [0.5, 0.6) is 0 Å². The van der Waals surface area contributed by atoms with Gasteiger partial charge in [-0.25, -0.2) is 13.4 Å². The predicted molar refractivity (Wildman–Crippen MR) is 128 cm³/mol. The van der Waals surface area contributed by atoms with E-state index in [1.54, 1.807) is 55.0 Å². The highest BCUT2D eigenvalue weighted by atomic mass is 32.2. The molecule has 0 aliphatic carbocycles. The number of para-hydroxylation sites is 1. The van der Waals surface area contributed by atoms with Crippen LogP contribution in [0.1, 0.15) is 29.1 Å². The minimum atomic E-state index is -3.79. The van der Waals surface area contributed by atoms with E-state index in [1.807, 2.05) is 58.9 Å². The molecule has 166 valence electrons. The lowest BCUT2D eigenvalue weighted by molar-refractivity contribution is 0.567. The monoisotopic (exact) mass is 456 g/mol. The topological polar surface area (TPSA) is 79.0 Å². The molecular formula is C26H24N4O2S. The van der Waals surface area contributed by atoms with Crippen molar-refractivity contribution < 1.29 is 8.42 Å². The summed E-state index contributed by atoms with van der Waals surface area (Å²) in [6.07, 6.45) is 3.28. The minimum absolute atomic E-state index is 0.260. The van der Waals surface area contributed by atoms with Gasteiger partial charge in [0.2, 0.25) is 9.84 Å². The van der Waals surface area contributed by atoms with Crippen LogP contribution in [0, 0.1) is 11.3 Å². The number of aromatic nitrogens is 2. The molecule has 0 saturated heterocycles. The summed E-state index contributed by atoms with van der Waals surface area (Å²) >= 11 is 0. The number of imidazole rings is 1. The molecular weight excluding hydrogens is 432 g/mol. The van der Waals surface area contributed by atoms with Gasteiger partial charge in [-0.15, -0.1) is 0 Å². The molecule has 1 atom stereocenters. The summed E-state index contributed by atoms with van der Waals surface area (Å²) in [5, 5.41) is 8.09. The first-order valence-electron chi connectivity index (χ1n) is 10.6.